The van der Waals surface area contributed by atoms with Crippen LogP contribution in [-0.2, 0) is 16.0 Å². The Morgan fingerprint density at radius 3 is 2.73 bits per heavy atom. The average Bonchev–Trinajstić information content (AvgIpc) is 2.05. The summed E-state index contributed by atoms with van der Waals surface area (Å²) in [4.78, 5) is 15.4. The molecule has 15 heavy (non-hydrogen) atoms. The fourth-order valence-electron chi connectivity index (χ4n) is 1.13. The lowest BCUT2D eigenvalue weighted by atomic mass is 10.1. The Bertz CT molecular complexity index is 356. The van der Waals surface area contributed by atoms with Gasteiger partial charge in [0.15, 0.2) is 0 Å². The van der Waals surface area contributed by atoms with Crippen LogP contribution in [0.25, 0.3) is 0 Å². The molecule has 1 aromatic rings. The fraction of sp³-hybridized carbons (Fsp3) is 0.455. The third-order valence-corrected chi connectivity index (χ3v) is 1.68. The van der Waals surface area contributed by atoms with E-state index < -0.39 is 5.60 Å². The van der Waals surface area contributed by atoms with Crippen molar-refractivity contribution in [1.82, 2.24) is 4.98 Å². The molecule has 4 nitrogen and oxygen atoms in total. The number of esters is 1. The number of hydrogen-bond acceptors (Lipinski definition) is 4. The van der Waals surface area contributed by atoms with Crippen LogP contribution in [-0.4, -0.2) is 16.6 Å². The zero-order valence-corrected chi connectivity index (χ0v) is 9.28. The highest BCUT2D eigenvalue weighted by atomic mass is 16.6. The van der Waals surface area contributed by atoms with Crippen LogP contribution in [0.5, 0.6) is 0 Å². The standard InChI is InChI=1S/C11H16N2O2/c1-11(2,3)15-9(14)7-8-5-4-6-13-10(8)12/h4-6H,7H2,1-3H3,(H2,12,13). The van der Waals surface area contributed by atoms with Crippen molar-refractivity contribution in [2.45, 2.75) is 32.8 Å². The minimum Gasteiger partial charge on any atom is -0.460 e. The highest BCUT2D eigenvalue weighted by Gasteiger charge is 2.17. The molecule has 0 amide bonds. The lowest BCUT2D eigenvalue weighted by Crippen LogP contribution is -2.25. The first-order valence-corrected chi connectivity index (χ1v) is 4.80. The monoisotopic (exact) mass is 208 g/mol. The van der Waals surface area contributed by atoms with Gasteiger partial charge in [0.05, 0.1) is 6.42 Å². The molecule has 0 aliphatic heterocycles. The average molecular weight is 208 g/mol. The fourth-order valence-corrected chi connectivity index (χ4v) is 1.13. The van der Waals surface area contributed by atoms with Crippen molar-refractivity contribution in [3.63, 3.8) is 0 Å². The molecular formula is C11H16N2O2. The van der Waals surface area contributed by atoms with Gasteiger partial charge in [-0.25, -0.2) is 4.98 Å². The van der Waals surface area contributed by atoms with Crippen LogP contribution in [0.2, 0.25) is 0 Å². The molecule has 1 heterocycles. The maximum Gasteiger partial charge on any atom is 0.310 e. The van der Waals surface area contributed by atoms with Crippen LogP contribution in [0.1, 0.15) is 26.3 Å². The SMILES string of the molecule is CC(C)(C)OC(=O)Cc1cccnc1N. The number of nitrogen functional groups attached to an aromatic ring is 1. The lowest BCUT2D eigenvalue weighted by molar-refractivity contribution is -0.153. The van der Waals surface area contributed by atoms with Gasteiger partial charge in [0.1, 0.15) is 11.4 Å². The van der Waals surface area contributed by atoms with Gasteiger partial charge in [-0.15, -0.1) is 0 Å². The van der Waals surface area contributed by atoms with Crippen molar-refractivity contribution in [1.29, 1.82) is 0 Å². The van der Waals surface area contributed by atoms with Crippen LogP contribution in [0, 0.1) is 0 Å². The Kier molecular flexibility index (Phi) is 3.29. The molecule has 0 aliphatic rings. The number of rotatable bonds is 2. The Labute approximate surface area is 89.5 Å². The Morgan fingerprint density at radius 1 is 1.53 bits per heavy atom. The Morgan fingerprint density at radius 2 is 2.20 bits per heavy atom. The van der Waals surface area contributed by atoms with E-state index in [0.29, 0.717) is 11.4 Å². The van der Waals surface area contributed by atoms with Crippen LogP contribution < -0.4 is 5.73 Å². The molecule has 4 heteroatoms. The van der Waals surface area contributed by atoms with E-state index in [9.17, 15) is 4.79 Å². The molecule has 2 N–H and O–H groups in total. The predicted octanol–water partition coefficient (Wildman–Crippen LogP) is 1.55. The number of aromatic nitrogens is 1. The summed E-state index contributed by atoms with van der Waals surface area (Å²) in [6, 6.07) is 3.52. The molecule has 0 spiro atoms. The van der Waals surface area contributed by atoms with Gasteiger partial charge in [0.25, 0.3) is 0 Å². The summed E-state index contributed by atoms with van der Waals surface area (Å²) in [5.74, 6) is 0.0885. The van der Waals surface area contributed by atoms with Gasteiger partial charge < -0.3 is 10.5 Å². The molecule has 82 valence electrons. The zero-order chi connectivity index (χ0) is 11.5. The van der Waals surface area contributed by atoms with E-state index in [0.717, 1.165) is 0 Å². The maximum absolute atomic E-state index is 11.5. The third-order valence-electron chi connectivity index (χ3n) is 1.68. The minimum atomic E-state index is -0.464. The van der Waals surface area contributed by atoms with E-state index >= 15 is 0 Å². The molecular weight excluding hydrogens is 192 g/mol. The summed E-state index contributed by atoms with van der Waals surface area (Å²) >= 11 is 0. The van der Waals surface area contributed by atoms with Gasteiger partial charge in [-0.3, -0.25) is 4.79 Å². The zero-order valence-electron chi connectivity index (χ0n) is 9.28. The van der Waals surface area contributed by atoms with E-state index in [2.05, 4.69) is 4.98 Å². The van der Waals surface area contributed by atoms with E-state index in [4.69, 9.17) is 10.5 Å². The van der Waals surface area contributed by atoms with E-state index in [-0.39, 0.29) is 12.4 Å². The molecule has 0 atom stereocenters. The van der Waals surface area contributed by atoms with Gasteiger partial charge in [-0.1, -0.05) is 6.07 Å². The molecule has 0 radical (unpaired) electrons. The van der Waals surface area contributed by atoms with Crippen molar-refractivity contribution in [3.8, 4) is 0 Å². The lowest BCUT2D eigenvalue weighted by Gasteiger charge is -2.19. The van der Waals surface area contributed by atoms with E-state index in [1.165, 1.54) is 0 Å². The van der Waals surface area contributed by atoms with Gasteiger partial charge in [-0.05, 0) is 26.8 Å². The minimum absolute atomic E-state index is 0.164. The second-order valence-corrected chi connectivity index (χ2v) is 4.31. The molecule has 1 aromatic heterocycles. The smallest absolute Gasteiger partial charge is 0.310 e. The highest BCUT2D eigenvalue weighted by Crippen LogP contribution is 2.12. The van der Waals surface area contributed by atoms with Crippen molar-refractivity contribution < 1.29 is 9.53 Å². The summed E-state index contributed by atoms with van der Waals surface area (Å²) < 4.78 is 5.17. The molecule has 0 saturated carbocycles. The Hall–Kier alpha value is -1.58. The van der Waals surface area contributed by atoms with E-state index in [1.54, 1.807) is 18.3 Å². The Balaban J connectivity index is 2.64. The normalized spacial score (nSPS) is 11.1. The first-order chi connectivity index (χ1) is 6.88. The molecule has 0 fully saturated rings. The number of pyridine rings is 1. The van der Waals surface area contributed by atoms with Gasteiger partial charge in [-0.2, -0.15) is 0 Å². The molecule has 0 aromatic carbocycles. The summed E-state index contributed by atoms with van der Waals surface area (Å²) in [7, 11) is 0. The topological polar surface area (TPSA) is 65.2 Å². The van der Waals surface area contributed by atoms with Gasteiger partial charge >= 0.3 is 5.97 Å². The molecule has 0 unspecified atom stereocenters. The maximum atomic E-state index is 11.5. The van der Waals surface area contributed by atoms with Crippen LogP contribution in [0.4, 0.5) is 5.82 Å². The first-order valence-electron chi connectivity index (χ1n) is 4.80. The number of nitrogens with two attached hydrogens (primary N) is 1. The molecule has 0 aliphatic carbocycles. The van der Waals surface area contributed by atoms with Crippen molar-refractivity contribution >= 4 is 11.8 Å². The summed E-state index contributed by atoms with van der Waals surface area (Å²) in [6.45, 7) is 5.49. The summed E-state index contributed by atoms with van der Waals surface area (Å²) in [5, 5.41) is 0. The number of ether oxygens (including phenoxy) is 1. The van der Waals surface area contributed by atoms with E-state index in [1.807, 2.05) is 20.8 Å². The largest absolute Gasteiger partial charge is 0.460 e. The first kappa shape index (κ1) is 11.5. The third kappa shape index (κ3) is 3.97. The van der Waals surface area contributed by atoms with Crippen LogP contribution in [0.15, 0.2) is 18.3 Å². The summed E-state index contributed by atoms with van der Waals surface area (Å²) in [5.41, 5.74) is 5.85. The number of carbonyl (C=O) groups excluding carboxylic acids is 1. The highest BCUT2D eigenvalue weighted by molar-refractivity contribution is 5.74. The van der Waals surface area contributed by atoms with Gasteiger partial charge in [0.2, 0.25) is 0 Å². The van der Waals surface area contributed by atoms with Crippen LogP contribution in [0.3, 0.4) is 0 Å². The quantitative estimate of drug-likeness (QED) is 0.749. The second kappa shape index (κ2) is 4.29. The number of carbonyl (C=O) groups is 1. The number of anilines is 1. The van der Waals surface area contributed by atoms with Crippen LogP contribution >= 0.6 is 0 Å². The molecule has 1 rings (SSSR count). The van der Waals surface area contributed by atoms with Gasteiger partial charge in [0, 0.05) is 11.8 Å². The molecule has 0 bridgehead atoms. The molecule has 0 saturated heterocycles. The van der Waals surface area contributed by atoms with Crippen molar-refractivity contribution in [2.75, 3.05) is 5.73 Å². The van der Waals surface area contributed by atoms with Crippen molar-refractivity contribution in [2.24, 2.45) is 0 Å². The van der Waals surface area contributed by atoms with Crippen molar-refractivity contribution in [3.05, 3.63) is 23.9 Å². The number of nitrogens with zero attached hydrogens (tertiary/aromatic N) is 1. The second-order valence-electron chi connectivity index (χ2n) is 4.31. The number of hydrogen-bond donors (Lipinski definition) is 1. The summed E-state index contributed by atoms with van der Waals surface area (Å²) in [6.07, 6.45) is 1.75. The predicted molar refractivity (Wildman–Crippen MR) is 58.2 cm³/mol.